The van der Waals surface area contributed by atoms with Crippen LogP contribution in [0.15, 0.2) is 12.4 Å². The van der Waals surface area contributed by atoms with Gasteiger partial charge >= 0.3 is 0 Å². The van der Waals surface area contributed by atoms with Gasteiger partial charge in [0, 0.05) is 18.9 Å². The second-order valence-electron chi connectivity index (χ2n) is 2.13. The highest BCUT2D eigenvalue weighted by atomic mass is 15.2. The quantitative estimate of drug-likeness (QED) is 0.525. The van der Waals surface area contributed by atoms with E-state index in [9.17, 15) is 0 Å². The van der Waals surface area contributed by atoms with Gasteiger partial charge in [-0.1, -0.05) is 0 Å². The van der Waals surface area contributed by atoms with E-state index < -0.39 is 0 Å². The maximum Gasteiger partial charge on any atom is 0.150 e. The van der Waals surface area contributed by atoms with E-state index in [2.05, 4.69) is 20.6 Å². The summed E-state index contributed by atoms with van der Waals surface area (Å²) in [6.45, 7) is 1.60. The Bertz CT molecular complexity index is 210. The summed E-state index contributed by atoms with van der Waals surface area (Å²) in [7, 11) is 0. The molecule has 0 fully saturated rings. The summed E-state index contributed by atoms with van der Waals surface area (Å²) in [5.74, 6) is 0.904. The molecule has 0 spiro atoms. The second kappa shape index (κ2) is 2.22. The summed E-state index contributed by atoms with van der Waals surface area (Å²) in [6.07, 6.45) is 3.39. The van der Waals surface area contributed by atoms with Crippen LogP contribution in [0, 0.1) is 0 Å². The lowest BCUT2D eigenvalue weighted by Gasteiger charge is -2.15. The van der Waals surface area contributed by atoms with Gasteiger partial charge in [0.15, 0.2) is 0 Å². The number of rotatable bonds is 0. The van der Waals surface area contributed by atoms with Gasteiger partial charge in [-0.3, -0.25) is 10.3 Å². The van der Waals surface area contributed by atoms with Gasteiger partial charge in [-0.25, -0.2) is 4.98 Å². The fourth-order valence-electron chi connectivity index (χ4n) is 0.971. The van der Waals surface area contributed by atoms with E-state index in [1.165, 1.54) is 0 Å². The third kappa shape index (κ3) is 0.823. The van der Waals surface area contributed by atoms with Crippen LogP contribution in [0.5, 0.6) is 0 Å². The van der Waals surface area contributed by atoms with E-state index in [-0.39, 0.29) is 0 Å². The van der Waals surface area contributed by atoms with Crippen molar-refractivity contribution < 1.29 is 0 Å². The molecule has 2 rings (SSSR count). The van der Waals surface area contributed by atoms with Crippen LogP contribution in [0.4, 0.5) is 5.82 Å². The molecule has 10 heavy (non-hydrogen) atoms. The molecule has 2 N–H and O–H groups in total. The molecular weight excluding hydrogens is 128 g/mol. The van der Waals surface area contributed by atoms with Crippen molar-refractivity contribution in [3.63, 3.8) is 0 Å². The molecule has 0 atom stereocenters. The first-order valence-electron chi connectivity index (χ1n) is 3.21. The molecule has 4 nitrogen and oxygen atoms in total. The molecule has 52 valence electrons. The molecule has 0 bridgehead atoms. The van der Waals surface area contributed by atoms with E-state index in [1.807, 2.05) is 0 Å². The summed E-state index contributed by atoms with van der Waals surface area (Å²) < 4.78 is 0. The van der Waals surface area contributed by atoms with Crippen molar-refractivity contribution in [1.29, 1.82) is 0 Å². The smallest absolute Gasteiger partial charge is 0.150 e. The summed E-state index contributed by atoms with van der Waals surface area (Å²) in [4.78, 5) is 8.24. The highest BCUT2D eigenvalue weighted by Crippen LogP contribution is 2.09. The summed E-state index contributed by atoms with van der Waals surface area (Å²) in [5.41, 5.74) is 0.994. The Labute approximate surface area is 58.7 Å². The number of hydrogen-bond acceptors (Lipinski definition) is 4. The molecule has 0 aliphatic carbocycles. The topological polar surface area (TPSA) is 49.8 Å². The van der Waals surface area contributed by atoms with Gasteiger partial charge < -0.3 is 5.32 Å². The molecule has 4 heteroatoms. The summed E-state index contributed by atoms with van der Waals surface area (Å²) in [5, 5.41) is 6.21. The largest absolute Gasteiger partial charge is 0.356 e. The molecule has 0 unspecified atom stereocenters. The molecule has 0 aromatic carbocycles. The molecule has 2 heterocycles. The normalized spacial score (nSPS) is 15.6. The van der Waals surface area contributed by atoms with E-state index in [1.54, 1.807) is 12.4 Å². The van der Waals surface area contributed by atoms with Gasteiger partial charge in [-0.05, 0) is 0 Å². The fraction of sp³-hybridized carbons (Fsp3) is 0.333. The number of nitrogens with one attached hydrogen (secondary N) is 2. The minimum Gasteiger partial charge on any atom is -0.356 e. The van der Waals surface area contributed by atoms with E-state index in [0.29, 0.717) is 0 Å². The molecule has 0 amide bonds. The highest BCUT2D eigenvalue weighted by Gasteiger charge is 2.07. The lowest BCUT2D eigenvalue weighted by molar-refractivity contribution is 0.682. The lowest BCUT2D eigenvalue weighted by Crippen LogP contribution is -2.28. The first-order chi connectivity index (χ1) is 4.97. The van der Waals surface area contributed by atoms with Gasteiger partial charge in [0.25, 0.3) is 0 Å². The van der Waals surface area contributed by atoms with Gasteiger partial charge in [0.05, 0.1) is 12.4 Å². The average molecular weight is 136 g/mol. The highest BCUT2D eigenvalue weighted by molar-refractivity contribution is 5.40. The molecule has 0 saturated carbocycles. The number of hydrogen-bond donors (Lipinski definition) is 2. The Balaban J connectivity index is 2.41. The SMILES string of the molecule is c1cnc2c(n1)CNCN2. The summed E-state index contributed by atoms with van der Waals surface area (Å²) in [6, 6.07) is 0. The van der Waals surface area contributed by atoms with Gasteiger partial charge in [-0.2, -0.15) is 0 Å². The number of nitrogens with zero attached hydrogens (tertiary/aromatic N) is 2. The molecular formula is C6H8N4. The van der Waals surface area contributed by atoms with E-state index in [0.717, 1.165) is 24.7 Å². The summed E-state index contributed by atoms with van der Waals surface area (Å²) >= 11 is 0. The van der Waals surface area contributed by atoms with Crippen molar-refractivity contribution in [3.05, 3.63) is 18.1 Å². The van der Waals surface area contributed by atoms with Crippen LogP contribution in [-0.2, 0) is 6.54 Å². The zero-order chi connectivity index (χ0) is 6.81. The number of aromatic nitrogens is 2. The Morgan fingerprint density at radius 2 is 2.20 bits per heavy atom. The predicted molar refractivity (Wildman–Crippen MR) is 37.4 cm³/mol. The van der Waals surface area contributed by atoms with E-state index in [4.69, 9.17) is 0 Å². The zero-order valence-corrected chi connectivity index (χ0v) is 5.46. The minimum absolute atomic E-state index is 0.783. The first kappa shape index (κ1) is 5.61. The standard InChI is InChI=1S/C6H8N4/c1-2-9-6-5(8-1)3-7-4-10-6/h1-2,7H,3-4H2,(H,9,10). The molecule has 1 aliphatic rings. The van der Waals surface area contributed by atoms with E-state index >= 15 is 0 Å². The molecule has 1 aromatic rings. The van der Waals surface area contributed by atoms with Crippen molar-refractivity contribution in [2.75, 3.05) is 12.0 Å². The average Bonchev–Trinajstić information content (AvgIpc) is 2.05. The second-order valence-corrected chi connectivity index (χ2v) is 2.13. The lowest BCUT2D eigenvalue weighted by atomic mass is 10.3. The third-order valence-electron chi connectivity index (χ3n) is 1.45. The van der Waals surface area contributed by atoms with Crippen molar-refractivity contribution >= 4 is 5.82 Å². The number of fused-ring (bicyclic) bond motifs is 1. The maximum absolute atomic E-state index is 4.13. The first-order valence-corrected chi connectivity index (χ1v) is 3.21. The number of anilines is 1. The molecule has 0 radical (unpaired) electrons. The van der Waals surface area contributed by atoms with Crippen LogP contribution in [0.1, 0.15) is 5.69 Å². The third-order valence-corrected chi connectivity index (χ3v) is 1.45. The fourth-order valence-corrected chi connectivity index (χ4v) is 0.971. The van der Waals surface area contributed by atoms with Crippen LogP contribution < -0.4 is 10.6 Å². The van der Waals surface area contributed by atoms with Crippen LogP contribution in [0.25, 0.3) is 0 Å². The van der Waals surface area contributed by atoms with Crippen LogP contribution >= 0.6 is 0 Å². The van der Waals surface area contributed by atoms with Gasteiger partial charge in [0.1, 0.15) is 5.82 Å². The molecule has 1 aliphatic heterocycles. The molecule has 0 saturated heterocycles. The Kier molecular flexibility index (Phi) is 1.25. The van der Waals surface area contributed by atoms with Crippen molar-refractivity contribution in [2.24, 2.45) is 0 Å². The molecule has 1 aromatic heterocycles. The predicted octanol–water partition coefficient (Wildman–Crippen LogP) is -0.0508. The van der Waals surface area contributed by atoms with Crippen LogP contribution in [0.2, 0.25) is 0 Å². The van der Waals surface area contributed by atoms with Crippen molar-refractivity contribution in [1.82, 2.24) is 15.3 Å². The van der Waals surface area contributed by atoms with Gasteiger partial charge in [-0.15, -0.1) is 0 Å². The van der Waals surface area contributed by atoms with Crippen molar-refractivity contribution in [2.45, 2.75) is 6.54 Å². The Hall–Kier alpha value is -1.16. The maximum atomic E-state index is 4.13. The van der Waals surface area contributed by atoms with Crippen molar-refractivity contribution in [3.8, 4) is 0 Å². The minimum atomic E-state index is 0.783. The monoisotopic (exact) mass is 136 g/mol. The Morgan fingerprint density at radius 3 is 3.10 bits per heavy atom. The van der Waals surface area contributed by atoms with Crippen LogP contribution in [0.3, 0.4) is 0 Å². The van der Waals surface area contributed by atoms with Gasteiger partial charge in [0.2, 0.25) is 0 Å². The zero-order valence-electron chi connectivity index (χ0n) is 5.46. The van der Waals surface area contributed by atoms with Crippen LogP contribution in [-0.4, -0.2) is 16.6 Å². The Morgan fingerprint density at radius 1 is 1.30 bits per heavy atom.